The molecule has 1 N–H and O–H groups in total. The Balaban J connectivity index is 1.56. The van der Waals surface area contributed by atoms with E-state index in [-0.39, 0.29) is 30.7 Å². The van der Waals surface area contributed by atoms with Crippen molar-refractivity contribution in [3.05, 3.63) is 81.5 Å². The minimum Gasteiger partial charge on any atom is -0.336 e. The number of halogens is 1. The van der Waals surface area contributed by atoms with Gasteiger partial charge in [-0.05, 0) is 49.1 Å². The van der Waals surface area contributed by atoms with Gasteiger partial charge >= 0.3 is 0 Å². The van der Waals surface area contributed by atoms with Crippen molar-refractivity contribution < 1.29 is 14.4 Å². The van der Waals surface area contributed by atoms with Crippen LogP contribution in [0.5, 0.6) is 0 Å². The summed E-state index contributed by atoms with van der Waals surface area (Å²) >= 11 is 7.66. The second-order valence-corrected chi connectivity index (χ2v) is 9.81. The van der Waals surface area contributed by atoms with Crippen LogP contribution in [0.1, 0.15) is 29.3 Å². The van der Waals surface area contributed by atoms with Gasteiger partial charge in [-0.25, -0.2) is 0 Å². The second-order valence-electron chi connectivity index (χ2n) is 8.43. The maximum atomic E-state index is 13.6. The molecule has 2 atom stereocenters. The van der Waals surface area contributed by atoms with Gasteiger partial charge in [-0.1, -0.05) is 47.5 Å². The number of likely N-dealkylation sites (N-methyl/N-ethyl adjacent to an activating group) is 1. The Hall–Kier alpha value is -3.16. The number of rotatable bonds is 6. The molecule has 0 saturated carbocycles. The molecule has 8 heteroatoms. The topological polar surface area (TPSA) is 69.7 Å². The van der Waals surface area contributed by atoms with Gasteiger partial charge in [-0.2, -0.15) is 0 Å². The number of nitrogens with zero attached hydrogens (tertiary/aromatic N) is 2. The van der Waals surface area contributed by atoms with Crippen LogP contribution in [-0.4, -0.2) is 36.2 Å². The smallest absolute Gasteiger partial charge is 0.244 e. The van der Waals surface area contributed by atoms with Crippen molar-refractivity contribution >= 4 is 52.0 Å². The van der Waals surface area contributed by atoms with Gasteiger partial charge in [0.1, 0.15) is 0 Å². The number of piperidine rings is 1. The first-order chi connectivity index (χ1) is 16.3. The van der Waals surface area contributed by atoms with Crippen LogP contribution in [0.25, 0.3) is 0 Å². The molecule has 0 bridgehead atoms. The summed E-state index contributed by atoms with van der Waals surface area (Å²) in [5, 5.41) is 5.14. The third-order valence-corrected chi connectivity index (χ3v) is 7.24. The third-order valence-electron chi connectivity index (χ3n) is 5.97. The largest absolute Gasteiger partial charge is 0.336 e. The van der Waals surface area contributed by atoms with Crippen molar-refractivity contribution in [3.63, 3.8) is 0 Å². The number of anilines is 2. The first-order valence-electron chi connectivity index (χ1n) is 11.1. The zero-order valence-electron chi connectivity index (χ0n) is 19.0. The monoisotopic (exact) mass is 495 g/mol. The van der Waals surface area contributed by atoms with E-state index in [1.165, 1.54) is 16.2 Å². The van der Waals surface area contributed by atoms with Crippen molar-refractivity contribution in [2.24, 2.45) is 5.92 Å². The highest BCUT2D eigenvalue weighted by atomic mass is 35.5. The van der Waals surface area contributed by atoms with Crippen molar-refractivity contribution in [1.82, 2.24) is 4.90 Å². The first-order valence-corrected chi connectivity index (χ1v) is 12.3. The van der Waals surface area contributed by atoms with Gasteiger partial charge in [0.25, 0.3) is 0 Å². The summed E-state index contributed by atoms with van der Waals surface area (Å²) in [5.74, 6) is -0.975. The van der Waals surface area contributed by atoms with Gasteiger partial charge in [-0.15, -0.1) is 11.3 Å². The second kappa shape index (κ2) is 10.4. The minimum atomic E-state index is -0.462. The summed E-state index contributed by atoms with van der Waals surface area (Å²) in [6.07, 6.45) is 0.699. The standard InChI is InChI=1S/C26H26ClN3O3S/c1-17-9-11-18(12-10-17)30-24(32)14-13-19(25(30)22-8-5-15-34-22)26(33)29(2)16-23(31)28-21-7-4-3-6-20(21)27/h3-12,15,19,25H,13-14,16H2,1-2H3,(H,28,31)/t19-,25+/m0/s1. The molecule has 3 aromatic rings. The number of nitrogens with one attached hydrogen (secondary N) is 1. The highest BCUT2D eigenvalue weighted by Gasteiger charge is 2.43. The molecule has 3 amide bonds. The van der Waals surface area contributed by atoms with E-state index in [0.717, 1.165) is 16.1 Å². The number of benzene rings is 2. The molecule has 1 saturated heterocycles. The zero-order chi connectivity index (χ0) is 24.2. The fourth-order valence-electron chi connectivity index (χ4n) is 4.27. The Morgan fingerprint density at radius 1 is 1.12 bits per heavy atom. The lowest BCUT2D eigenvalue weighted by Crippen LogP contribution is -2.49. The fourth-order valence-corrected chi connectivity index (χ4v) is 5.34. The Morgan fingerprint density at radius 2 is 1.85 bits per heavy atom. The Morgan fingerprint density at radius 3 is 2.53 bits per heavy atom. The molecule has 34 heavy (non-hydrogen) atoms. The number of hydrogen-bond donors (Lipinski definition) is 1. The van der Waals surface area contributed by atoms with Crippen molar-refractivity contribution in [2.45, 2.75) is 25.8 Å². The molecule has 0 radical (unpaired) electrons. The van der Waals surface area contributed by atoms with Crippen molar-refractivity contribution in [3.8, 4) is 0 Å². The lowest BCUT2D eigenvalue weighted by atomic mass is 9.86. The van der Waals surface area contributed by atoms with Gasteiger partial charge in [-0.3, -0.25) is 14.4 Å². The van der Waals surface area contributed by atoms with Gasteiger partial charge in [0.15, 0.2) is 0 Å². The molecule has 176 valence electrons. The molecule has 1 aromatic heterocycles. The molecule has 1 aliphatic rings. The average Bonchev–Trinajstić information content (AvgIpc) is 3.35. The zero-order valence-corrected chi connectivity index (χ0v) is 20.6. The minimum absolute atomic E-state index is 0.00887. The van der Waals surface area contributed by atoms with E-state index >= 15 is 0 Å². The van der Waals surface area contributed by atoms with Crippen LogP contribution in [-0.2, 0) is 14.4 Å². The highest BCUT2D eigenvalue weighted by molar-refractivity contribution is 7.10. The van der Waals surface area contributed by atoms with Crippen molar-refractivity contribution in [2.75, 3.05) is 23.8 Å². The van der Waals surface area contributed by atoms with E-state index in [2.05, 4.69) is 5.32 Å². The van der Waals surface area contributed by atoms with Gasteiger partial charge in [0, 0.05) is 24.0 Å². The summed E-state index contributed by atoms with van der Waals surface area (Å²) in [6.45, 7) is 1.88. The summed E-state index contributed by atoms with van der Waals surface area (Å²) in [4.78, 5) is 43.4. The number of hydrogen-bond acceptors (Lipinski definition) is 4. The van der Waals surface area contributed by atoms with Crippen LogP contribution >= 0.6 is 22.9 Å². The number of amides is 3. The fraction of sp³-hybridized carbons (Fsp3) is 0.269. The SMILES string of the molecule is Cc1ccc(N2C(=O)CC[C@H](C(=O)N(C)CC(=O)Nc3ccccc3Cl)[C@@H]2c2cccs2)cc1. The molecular weight excluding hydrogens is 470 g/mol. The van der Waals surface area contributed by atoms with Crippen LogP contribution in [0, 0.1) is 12.8 Å². The third kappa shape index (κ3) is 5.16. The normalized spacial score (nSPS) is 18.0. The van der Waals surface area contributed by atoms with E-state index in [4.69, 9.17) is 11.6 Å². The molecule has 2 heterocycles. The van der Waals surface area contributed by atoms with Gasteiger partial charge in [0.2, 0.25) is 17.7 Å². The lowest BCUT2D eigenvalue weighted by molar-refractivity contribution is -0.139. The average molecular weight is 496 g/mol. The quantitative estimate of drug-likeness (QED) is 0.505. The number of aryl methyl sites for hydroxylation is 1. The summed E-state index contributed by atoms with van der Waals surface area (Å²) in [6, 6.07) is 18.2. The molecule has 4 rings (SSSR count). The predicted octanol–water partition coefficient (Wildman–Crippen LogP) is 5.29. The molecule has 6 nitrogen and oxygen atoms in total. The van der Waals surface area contributed by atoms with Gasteiger partial charge < -0.3 is 15.1 Å². The molecule has 0 unspecified atom stereocenters. The Bertz CT molecular complexity index is 1180. The molecule has 0 spiro atoms. The lowest BCUT2D eigenvalue weighted by Gasteiger charge is -2.41. The molecule has 0 aliphatic carbocycles. The maximum Gasteiger partial charge on any atom is 0.244 e. The Labute approximate surface area is 208 Å². The Kier molecular flexibility index (Phi) is 7.34. The van der Waals surface area contributed by atoms with E-state index in [9.17, 15) is 14.4 Å². The number of para-hydroxylation sites is 1. The number of carbonyl (C=O) groups excluding carboxylic acids is 3. The van der Waals surface area contributed by atoms with Crippen LogP contribution in [0.4, 0.5) is 11.4 Å². The molecule has 1 aliphatic heterocycles. The number of thiophene rings is 1. The summed E-state index contributed by atoms with van der Waals surface area (Å²) in [7, 11) is 1.62. The van der Waals surface area contributed by atoms with Crippen LogP contribution in [0.3, 0.4) is 0 Å². The maximum absolute atomic E-state index is 13.6. The first kappa shape index (κ1) is 24.0. The summed E-state index contributed by atoms with van der Waals surface area (Å²) in [5.41, 5.74) is 2.36. The molecule has 1 fully saturated rings. The number of carbonyl (C=O) groups is 3. The van der Waals surface area contributed by atoms with E-state index in [1.807, 2.05) is 48.7 Å². The molecule has 2 aromatic carbocycles. The van der Waals surface area contributed by atoms with E-state index in [1.54, 1.807) is 36.2 Å². The van der Waals surface area contributed by atoms with Crippen LogP contribution < -0.4 is 10.2 Å². The van der Waals surface area contributed by atoms with Crippen LogP contribution in [0.15, 0.2) is 66.0 Å². The summed E-state index contributed by atoms with van der Waals surface area (Å²) < 4.78 is 0. The van der Waals surface area contributed by atoms with E-state index < -0.39 is 12.0 Å². The predicted molar refractivity (Wildman–Crippen MR) is 136 cm³/mol. The van der Waals surface area contributed by atoms with Gasteiger partial charge in [0.05, 0.1) is 29.2 Å². The van der Waals surface area contributed by atoms with Crippen LogP contribution in [0.2, 0.25) is 5.02 Å². The highest BCUT2D eigenvalue weighted by Crippen LogP contribution is 2.42. The van der Waals surface area contributed by atoms with E-state index in [0.29, 0.717) is 17.1 Å². The molecular formula is C26H26ClN3O3S. The van der Waals surface area contributed by atoms with Crippen molar-refractivity contribution in [1.29, 1.82) is 0 Å².